The van der Waals surface area contributed by atoms with E-state index in [1.54, 1.807) is 16.8 Å². The number of rotatable bonds is 5. The number of non-ortho nitro benzene ring substituents is 1. The fraction of sp³-hybridized carbons (Fsp3) is 0.176. The van der Waals surface area contributed by atoms with E-state index >= 15 is 0 Å². The van der Waals surface area contributed by atoms with Gasteiger partial charge in [-0.15, -0.1) is 0 Å². The largest absolute Gasteiger partial charge is 0.454 e. The monoisotopic (exact) mass is 530 g/mol. The molecule has 0 aliphatic heterocycles. The van der Waals surface area contributed by atoms with Gasteiger partial charge in [0.05, 0.1) is 33.6 Å². The number of nitrogens with one attached hydrogen (secondary N) is 1. The van der Waals surface area contributed by atoms with Crippen LogP contribution in [0.15, 0.2) is 37.6 Å². The Morgan fingerprint density at radius 3 is 2.50 bits per heavy atom. The molecule has 1 amide bonds. The molecule has 146 valence electrons. The minimum Gasteiger partial charge on any atom is -0.454 e. The van der Waals surface area contributed by atoms with Crippen molar-refractivity contribution in [2.24, 2.45) is 0 Å². The second kappa shape index (κ2) is 8.06. The van der Waals surface area contributed by atoms with Crippen LogP contribution in [-0.4, -0.2) is 20.6 Å². The van der Waals surface area contributed by atoms with E-state index in [-0.39, 0.29) is 11.4 Å². The number of carbonyl (C=O) groups excluding carboxylic acids is 1. The molecule has 0 aliphatic rings. The van der Waals surface area contributed by atoms with Crippen molar-refractivity contribution in [2.45, 2.75) is 20.4 Å². The molecule has 1 N–H and O–H groups in total. The highest BCUT2D eigenvalue weighted by Gasteiger charge is 2.19. The number of nitro groups is 1. The summed E-state index contributed by atoms with van der Waals surface area (Å²) in [4.78, 5) is 22.9. The van der Waals surface area contributed by atoms with E-state index in [2.05, 4.69) is 42.3 Å². The highest BCUT2D eigenvalue weighted by molar-refractivity contribution is 9.11. The number of carbonyl (C=O) groups is 1. The lowest BCUT2D eigenvalue weighted by Gasteiger charge is -2.08. The minimum absolute atomic E-state index is 0.0970. The zero-order valence-electron chi connectivity index (χ0n) is 14.6. The third kappa shape index (κ3) is 4.13. The smallest absolute Gasteiger partial charge is 0.291 e. The summed E-state index contributed by atoms with van der Waals surface area (Å²) < 4.78 is 8.04. The molecule has 3 aromatic rings. The van der Waals surface area contributed by atoms with Crippen LogP contribution in [0.1, 0.15) is 27.7 Å². The molecule has 0 unspecified atom stereocenters. The van der Waals surface area contributed by atoms with Crippen LogP contribution in [0.5, 0.6) is 0 Å². The maximum atomic E-state index is 12.5. The molecule has 0 spiro atoms. The van der Waals surface area contributed by atoms with Crippen LogP contribution in [-0.2, 0) is 6.54 Å². The highest BCUT2D eigenvalue weighted by atomic mass is 79.9. The molecule has 2 aromatic heterocycles. The van der Waals surface area contributed by atoms with Crippen LogP contribution in [0.25, 0.3) is 0 Å². The van der Waals surface area contributed by atoms with Gasteiger partial charge in [-0.25, -0.2) is 0 Å². The number of halogens is 3. The van der Waals surface area contributed by atoms with Gasteiger partial charge in [-0.3, -0.25) is 19.6 Å². The van der Waals surface area contributed by atoms with Crippen LogP contribution >= 0.6 is 43.5 Å². The molecular formula is C17H13Br2ClN4O4. The van der Waals surface area contributed by atoms with Crippen molar-refractivity contribution < 1.29 is 14.1 Å². The first-order chi connectivity index (χ1) is 13.2. The SMILES string of the molecule is Cc1nn(Cc2ccc(C(=O)Nc3c(Br)cc([N+](=O)[O-])cc3Br)o2)c(C)c1Cl. The second-order valence-corrected chi connectivity index (χ2v) is 7.99. The van der Waals surface area contributed by atoms with Crippen molar-refractivity contribution >= 4 is 60.7 Å². The van der Waals surface area contributed by atoms with Gasteiger partial charge in [0.25, 0.3) is 11.6 Å². The molecule has 2 heterocycles. The van der Waals surface area contributed by atoms with Crippen molar-refractivity contribution in [3.8, 4) is 0 Å². The van der Waals surface area contributed by atoms with Gasteiger partial charge >= 0.3 is 0 Å². The summed E-state index contributed by atoms with van der Waals surface area (Å²) in [6, 6.07) is 5.84. The number of amides is 1. The summed E-state index contributed by atoms with van der Waals surface area (Å²) in [5.74, 6) is 0.141. The Kier molecular flexibility index (Phi) is 5.92. The zero-order chi connectivity index (χ0) is 20.6. The molecule has 1 aromatic carbocycles. The van der Waals surface area contributed by atoms with Crippen molar-refractivity contribution in [3.63, 3.8) is 0 Å². The first kappa shape index (κ1) is 20.6. The lowest BCUT2D eigenvalue weighted by atomic mass is 10.2. The second-order valence-electron chi connectivity index (χ2n) is 5.90. The van der Waals surface area contributed by atoms with Crippen LogP contribution in [0.2, 0.25) is 5.02 Å². The molecule has 0 saturated heterocycles. The number of aryl methyl sites for hydroxylation is 1. The molecule has 0 radical (unpaired) electrons. The number of hydrogen-bond donors (Lipinski definition) is 1. The van der Waals surface area contributed by atoms with E-state index < -0.39 is 10.8 Å². The predicted molar refractivity (Wildman–Crippen MR) is 111 cm³/mol. The fourth-order valence-electron chi connectivity index (χ4n) is 2.52. The lowest BCUT2D eigenvalue weighted by Crippen LogP contribution is -2.12. The molecular weight excluding hydrogens is 519 g/mol. The predicted octanol–water partition coefficient (Wildman–Crippen LogP) is 5.48. The van der Waals surface area contributed by atoms with Crippen molar-refractivity contribution in [1.82, 2.24) is 9.78 Å². The number of hydrogen-bond acceptors (Lipinski definition) is 5. The molecule has 0 bridgehead atoms. The average Bonchev–Trinajstić information content (AvgIpc) is 3.19. The lowest BCUT2D eigenvalue weighted by molar-refractivity contribution is -0.385. The number of benzene rings is 1. The van der Waals surface area contributed by atoms with Gasteiger partial charge in [0.15, 0.2) is 5.76 Å². The van der Waals surface area contributed by atoms with Gasteiger partial charge in [0.1, 0.15) is 5.76 Å². The van der Waals surface area contributed by atoms with Gasteiger partial charge in [0.2, 0.25) is 0 Å². The average molecular weight is 533 g/mol. The summed E-state index contributed by atoms with van der Waals surface area (Å²) in [5, 5.41) is 18.5. The Hall–Kier alpha value is -2.17. The third-order valence-corrected chi connectivity index (χ3v) is 5.76. The number of aromatic nitrogens is 2. The molecule has 0 aliphatic carbocycles. The van der Waals surface area contributed by atoms with E-state index in [4.69, 9.17) is 16.0 Å². The van der Waals surface area contributed by atoms with E-state index in [1.807, 2.05) is 13.8 Å². The Morgan fingerprint density at radius 2 is 1.96 bits per heavy atom. The van der Waals surface area contributed by atoms with Crippen LogP contribution < -0.4 is 5.32 Å². The zero-order valence-corrected chi connectivity index (χ0v) is 18.6. The summed E-state index contributed by atoms with van der Waals surface area (Å²) in [6.45, 7) is 3.99. The highest BCUT2D eigenvalue weighted by Crippen LogP contribution is 2.35. The molecule has 3 rings (SSSR count). The Bertz CT molecular complexity index is 1070. The van der Waals surface area contributed by atoms with Gasteiger partial charge in [-0.2, -0.15) is 5.10 Å². The Balaban J connectivity index is 1.78. The standard InChI is InChI=1S/C17H13Br2ClN4O4/c1-8-15(20)9(2)23(22-8)7-11-3-4-14(28-11)17(25)21-16-12(18)5-10(24(26)27)6-13(16)19/h3-6H,7H2,1-2H3,(H,21,25). The molecule has 8 nitrogen and oxygen atoms in total. The van der Waals surface area contributed by atoms with E-state index in [0.29, 0.717) is 32.0 Å². The fourth-order valence-corrected chi connectivity index (χ4v) is 4.02. The van der Waals surface area contributed by atoms with Gasteiger partial charge in [0, 0.05) is 21.1 Å². The summed E-state index contributed by atoms with van der Waals surface area (Å²) in [5.41, 5.74) is 1.77. The van der Waals surface area contributed by atoms with Gasteiger partial charge in [-0.05, 0) is 57.8 Å². The minimum atomic E-state index is -0.523. The van der Waals surface area contributed by atoms with E-state index in [9.17, 15) is 14.9 Å². The Labute approximate surface area is 181 Å². The van der Waals surface area contributed by atoms with Gasteiger partial charge < -0.3 is 9.73 Å². The van der Waals surface area contributed by atoms with Crippen molar-refractivity contribution in [1.29, 1.82) is 0 Å². The Morgan fingerprint density at radius 1 is 1.32 bits per heavy atom. The number of nitro benzene ring substituents is 1. The van der Waals surface area contributed by atoms with Crippen molar-refractivity contribution in [2.75, 3.05) is 5.32 Å². The number of furan rings is 1. The van der Waals surface area contributed by atoms with E-state index in [1.165, 1.54) is 12.1 Å². The molecule has 0 saturated carbocycles. The van der Waals surface area contributed by atoms with Crippen LogP contribution in [0.4, 0.5) is 11.4 Å². The van der Waals surface area contributed by atoms with Crippen molar-refractivity contribution in [3.05, 3.63) is 71.3 Å². The topological polar surface area (TPSA) is 103 Å². The number of nitrogens with zero attached hydrogens (tertiary/aromatic N) is 3. The summed E-state index contributed by atoms with van der Waals surface area (Å²) >= 11 is 12.6. The molecule has 28 heavy (non-hydrogen) atoms. The molecule has 0 atom stereocenters. The maximum Gasteiger partial charge on any atom is 0.291 e. The quantitative estimate of drug-likeness (QED) is 0.346. The first-order valence-corrected chi connectivity index (χ1v) is 9.86. The number of anilines is 1. The van der Waals surface area contributed by atoms with E-state index in [0.717, 1.165) is 11.4 Å². The summed E-state index contributed by atoms with van der Waals surface area (Å²) in [7, 11) is 0. The first-order valence-electron chi connectivity index (χ1n) is 7.90. The normalized spacial score (nSPS) is 10.9. The third-order valence-electron chi connectivity index (χ3n) is 3.96. The summed E-state index contributed by atoms with van der Waals surface area (Å²) in [6.07, 6.45) is 0. The van der Waals surface area contributed by atoms with Crippen LogP contribution in [0.3, 0.4) is 0 Å². The molecule has 0 fully saturated rings. The molecule has 11 heteroatoms. The van der Waals surface area contributed by atoms with Crippen LogP contribution in [0, 0.1) is 24.0 Å². The maximum absolute atomic E-state index is 12.5. The van der Waals surface area contributed by atoms with Gasteiger partial charge in [-0.1, -0.05) is 11.6 Å².